The number of nitrogens with zero attached hydrogens (tertiary/aromatic N) is 4. The molecule has 0 aromatic carbocycles. The van der Waals surface area contributed by atoms with E-state index in [9.17, 15) is 0 Å². The molecule has 1 aromatic rings. The highest BCUT2D eigenvalue weighted by Gasteiger charge is 2.32. The molecule has 1 aromatic heterocycles. The Kier molecular flexibility index (Phi) is 7.17. The number of hydrogen-bond donors (Lipinski definition) is 2. The predicted octanol–water partition coefficient (Wildman–Crippen LogP) is 3.26. The largest absolute Gasteiger partial charge is 0.354 e. The lowest BCUT2D eigenvalue weighted by molar-refractivity contribution is 0.150. The summed E-state index contributed by atoms with van der Waals surface area (Å²) in [6.45, 7) is 1.75. The van der Waals surface area contributed by atoms with Crippen molar-refractivity contribution in [3.8, 4) is 0 Å². The zero-order valence-corrected chi connectivity index (χ0v) is 18.2. The molecule has 146 valence electrons. The van der Waals surface area contributed by atoms with Gasteiger partial charge in [-0.3, -0.25) is 4.99 Å². The maximum atomic E-state index is 4.43. The van der Waals surface area contributed by atoms with E-state index in [2.05, 4.69) is 30.4 Å². The van der Waals surface area contributed by atoms with Crippen molar-refractivity contribution in [2.45, 2.75) is 83.3 Å². The molecule has 3 unspecified atom stereocenters. The maximum absolute atomic E-state index is 4.43. The molecule has 2 aliphatic carbocycles. The number of hydrogen-bond acceptors (Lipinski definition) is 3. The second kappa shape index (κ2) is 9.37. The number of guanidine groups is 1. The minimum Gasteiger partial charge on any atom is -0.354 e. The van der Waals surface area contributed by atoms with E-state index >= 15 is 0 Å². The molecule has 0 amide bonds. The molecule has 2 N–H and O–H groups in total. The van der Waals surface area contributed by atoms with Crippen LogP contribution in [0, 0.1) is 11.8 Å². The van der Waals surface area contributed by atoms with Crippen LogP contribution < -0.4 is 10.6 Å². The number of nitrogens with one attached hydrogen (secondary N) is 2. The molecular weight excluding hydrogens is 439 g/mol. The first-order valence-electron chi connectivity index (χ1n) is 10.2. The monoisotopic (exact) mass is 472 g/mol. The Morgan fingerprint density at radius 2 is 1.92 bits per heavy atom. The number of aliphatic imine (C=N–C) groups is 1. The Balaban J connectivity index is 0.00000196. The highest BCUT2D eigenvalue weighted by atomic mass is 127. The number of aromatic nitrogens is 3. The first-order valence-corrected chi connectivity index (χ1v) is 10.2. The fraction of sp³-hybridized carbons (Fsp3) is 0.842. The predicted molar refractivity (Wildman–Crippen MR) is 115 cm³/mol. The van der Waals surface area contributed by atoms with Gasteiger partial charge in [0.2, 0.25) is 0 Å². The third kappa shape index (κ3) is 4.51. The molecule has 0 saturated heterocycles. The summed E-state index contributed by atoms with van der Waals surface area (Å²) in [5, 5.41) is 15.8. The summed E-state index contributed by atoms with van der Waals surface area (Å²) < 4.78 is 2.27. The fourth-order valence-corrected chi connectivity index (χ4v) is 5.05. The summed E-state index contributed by atoms with van der Waals surface area (Å²) in [5.41, 5.74) is 0. The molecule has 3 atom stereocenters. The van der Waals surface area contributed by atoms with E-state index in [1.54, 1.807) is 0 Å². The number of rotatable bonds is 3. The van der Waals surface area contributed by atoms with Crippen LogP contribution in [0.2, 0.25) is 0 Å². The molecule has 1 aliphatic heterocycles. The third-order valence-electron chi connectivity index (χ3n) is 6.45. The van der Waals surface area contributed by atoms with Gasteiger partial charge in [-0.1, -0.05) is 25.7 Å². The second-order valence-electron chi connectivity index (χ2n) is 8.03. The summed E-state index contributed by atoms with van der Waals surface area (Å²) in [6.07, 6.45) is 13.3. The van der Waals surface area contributed by atoms with Crippen molar-refractivity contribution in [3.63, 3.8) is 0 Å². The van der Waals surface area contributed by atoms with Gasteiger partial charge in [-0.2, -0.15) is 0 Å². The summed E-state index contributed by atoms with van der Waals surface area (Å²) in [5.74, 6) is 5.01. The molecule has 0 spiro atoms. The molecule has 2 fully saturated rings. The van der Waals surface area contributed by atoms with Crippen molar-refractivity contribution in [2.75, 3.05) is 7.05 Å². The minimum absolute atomic E-state index is 0. The van der Waals surface area contributed by atoms with Crippen LogP contribution in [-0.4, -0.2) is 33.8 Å². The Bertz CT molecular complexity index is 613. The topological polar surface area (TPSA) is 67.1 Å². The lowest BCUT2D eigenvalue weighted by Gasteiger charge is -2.39. The van der Waals surface area contributed by atoms with Crippen molar-refractivity contribution in [1.29, 1.82) is 0 Å². The van der Waals surface area contributed by atoms with Crippen molar-refractivity contribution in [1.82, 2.24) is 25.4 Å². The van der Waals surface area contributed by atoms with E-state index in [4.69, 9.17) is 0 Å². The number of aryl methyl sites for hydroxylation is 1. The maximum Gasteiger partial charge on any atom is 0.191 e. The minimum atomic E-state index is 0. The molecule has 4 rings (SSSR count). The Hall–Kier alpha value is -0.860. The highest BCUT2D eigenvalue weighted by molar-refractivity contribution is 14.0. The van der Waals surface area contributed by atoms with Crippen molar-refractivity contribution in [2.24, 2.45) is 16.8 Å². The van der Waals surface area contributed by atoms with Crippen LogP contribution in [0.4, 0.5) is 0 Å². The van der Waals surface area contributed by atoms with Gasteiger partial charge < -0.3 is 15.2 Å². The molecule has 2 saturated carbocycles. The van der Waals surface area contributed by atoms with E-state index in [-0.39, 0.29) is 24.0 Å². The molecule has 2 heterocycles. The zero-order chi connectivity index (χ0) is 17.1. The van der Waals surface area contributed by atoms with Crippen molar-refractivity contribution >= 4 is 29.9 Å². The van der Waals surface area contributed by atoms with Crippen LogP contribution in [0.5, 0.6) is 0 Å². The average molecular weight is 472 g/mol. The van der Waals surface area contributed by atoms with Crippen LogP contribution in [0.15, 0.2) is 4.99 Å². The van der Waals surface area contributed by atoms with Gasteiger partial charge in [-0.25, -0.2) is 0 Å². The molecule has 3 aliphatic rings. The van der Waals surface area contributed by atoms with E-state index < -0.39 is 0 Å². The summed E-state index contributed by atoms with van der Waals surface area (Å²) in [6, 6.07) is 0.567. The van der Waals surface area contributed by atoms with Crippen LogP contribution in [0.3, 0.4) is 0 Å². The lowest BCUT2D eigenvalue weighted by atomic mass is 9.69. The SMILES string of the molecule is CN=C(NCc1nnc2n1CCCC2)NC1CCC2CCCCC2C1.I. The number of fused-ring (bicyclic) bond motifs is 2. The molecular formula is C19H33IN6. The standard InChI is InChI=1S/C19H32N6.HI/c1-20-19(21-13-18-24-23-17-8-4-5-11-25(17)18)22-16-10-9-14-6-2-3-7-15(14)12-16;/h14-16H,2-13H2,1H3,(H2,20,21,22);1H. The van der Waals surface area contributed by atoms with Gasteiger partial charge in [0, 0.05) is 26.1 Å². The molecule has 7 heteroatoms. The third-order valence-corrected chi connectivity index (χ3v) is 6.45. The van der Waals surface area contributed by atoms with Crippen LogP contribution >= 0.6 is 24.0 Å². The average Bonchev–Trinajstić information content (AvgIpc) is 3.08. The van der Waals surface area contributed by atoms with Crippen LogP contribution in [0.25, 0.3) is 0 Å². The second-order valence-corrected chi connectivity index (χ2v) is 8.03. The Morgan fingerprint density at radius 1 is 1.08 bits per heavy atom. The van der Waals surface area contributed by atoms with Gasteiger partial charge >= 0.3 is 0 Å². The van der Waals surface area contributed by atoms with Gasteiger partial charge in [-0.15, -0.1) is 34.2 Å². The van der Waals surface area contributed by atoms with E-state index in [0.29, 0.717) is 12.6 Å². The van der Waals surface area contributed by atoms with Gasteiger partial charge in [0.1, 0.15) is 5.82 Å². The Labute approximate surface area is 174 Å². The normalized spacial score (nSPS) is 28.5. The number of halogens is 1. The lowest BCUT2D eigenvalue weighted by Crippen LogP contribution is -2.46. The van der Waals surface area contributed by atoms with E-state index in [0.717, 1.165) is 42.4 Å². The van der Waals surface area contributed by atoms with E-state index in [1.807, 2.05) is 7.05 Å². The first kappa shape index (κ1) is 19.9. The smallest absolute Gasteiger partial charge is 0.191 e. The van der Waals surface area contributed by atoms with Crippen LogP contribution in [-0.2, 0) is 19.5 Å². The van der Waals surface area contributed by atoms with Gasteiger partial charge in [-0.05, 0) is 43.9 Å². The van der Waals surface area contributed by atoms with E-state index in [1.165, 1.54) is 57.8 Å². The molecule has 26 heavy (non-hydrogen) atoms. The van der Waals surface area contributed by atoms with Crippen molar-refractivity contribution < 1.29 is 0 Å². The van der Waals surface area contributed by atoms with Gasteiger partial charge in [0.15, 0.2) is 11.8 Å². The first-order chi connectivity index (χ1) is 12.3. The van der Waals surface area contributed by atoms with Gasteiger partial charge in [0.05, 0.1) is 6.54 Å². The summed E-state index contributed by atoms with van der Waals surface area (Å²) in [4.78, 5) is 4.43. The zero-order valence-electron chi connectivity index (χ0n) is 15.9. The molecule has 0 bridgehead atoms. The van der Waals surface area contributed by atoms with Crippen molar-refractivity contribution in [3.05, 3.63) is 11.6 Å². The molecule has 0 radical (unpaired) electrons. The van der Waals surface area contributed by atoms with Crippen LogP contribution in [0.1, 0.15) is 69.4 Å². The van der Waals surface area contributed by atoms with Gasteiger partial charge in [0.25, 0.3) is 0 Å². The molecule has 6 nitrogen and oxygen atoms in total. The summed E-state index contributed by atoms with van der Waals surface area (Å²) >= 11 is 0. The fourth-order valence-electron chi connectivity index (χ4n) is 5.05. The Morgan fingerprint density at radius 3 is 2.77 bits per heavy atom. The highest BCUT2D eigenvalue weighted by Crippen LogP contribution is 2.40. The quantitative estimate of drug-likeness (QED) is 0.403. The summed E-state index contributed by atoms with van der Waals surface area (Å²) in [7, 11) is 1.86.